The van der Waals surface area contributed by atoms with E-state index in [0.717, 1.165) is 18.4 Å². The number of rotatable bonds is 5. The molecule has 0 unspecified atom stereocenters. The number of ketones is 1. The molecule has 5 heteroatoms. The molecule has 1 saturated carbocycles. The van der Waals surface area contributed by atoms with Crippen LogP contribution in [0, 0.1) is 0 Å². The van der Waals surface area contributed by atoms with Crippen LogP contribution in [0.2, 0.25) is 0 Å². The number of hydrogen-bond acceptors (Lipinski definition) is 4. The van der Waals surface area contributed by atoms with Gasteiger partial charge in [-0.15, -0.1) is 0 Å². The van der Waals surface area contributed by atoms with Crippen molar-refractivity contribution in [3.8, 4) is 0 Å². The van der Waals surface area contributed by atoms with Crippen LogP contribution in [0.4, 0.5) is 4.79 Å². The van der Waals surface area contributed by atoms with Crippen LogP contribution in [0.3, 0.4) is 0 Å². The smallest absolute Gasteiger partial charge is 0.404 e. The zero-order valence-corrected chi connectivity index (χ0v) is 9.89. The van der Waals surface area contributed by atoms with Gasteiger partial charge in [0.2, 0.25) is 5.78 Å². The van der Waals surface area contributed by atoms with Gasteiger partial charge >= 0.3 is 6.09 Å². The number of amides is 1. The van der Waals surface area contributed by atoms with Crippen molar-refractivity contribution in [2.75, 3.05) is 0 Å². The molecule has 1 amide bonds. The molecule has 94 valence electrons. The summed E-state index contributed by atoms with van der Waals surface area (Å²) in [5.74, 6) is 0.209. The normalized spacial score (nSPS) is 14.0. The number of aromatic nitrogens is 1. The van der Waals surface area contributed by atoms with E-state index in [9.17, 15) is 9.59 Å². The molecule has 18 heavy (non-hydrogen) atoms. The van der Waals surface area contributed by atoms with E-state index >= 15 is 0 Å². The molecule has 1 aromatic rings. The molecule has 1 aromatic heterocycles. The molecule has 0 radical (unpaired) electrons. The lowest BCUT2D eigenvalue weighted by Crippen LogP contribution is -2.14. The highest BCUT2D eigenvalue weighted by Gasteiger charge is 2.28. The maximum Gasteiger partial charge on any atom is 0.404 e. The highest BCUT2D eigenvalue weighted by atomic mass is 16.5. The Hall–Kier alpha value is -2.17. The summed E-state index contributed by atoms with van der Waals surface area (Å²) in [6.45, 7) is 3.44. The summed E-state index contributed by atoms with van der Waals surface area (Å²) < 4.78 is 4.65. The van der Waals surface area contributed by atoms with Gasteiger partial charge in [0, 0.05) is 0 Å². The monoisotopic (exact) mass is 246 g/mol. The lowest BCUT2D eigenvalue weighted by atomic mass is 10.1. The Morgan fingerprint density at radius 1 is 1.50 bits per heavy atom. The zero-order chi connectivity index (χ0) is 13.1. The molecule has 0 atom stereocenters. The Labute approximate surface area is 105 Å². The van der Waals surface area contributed by atoms with E-state index in [2.05, 4.69) is 16.3 Å². The van der Waals surface area contributed by atoms with Crippen LogP contribution in [-0.2, 0) is 11.3 Å². The predicted molar refractivity (Wildman–Crippen MR) is 65.1 cm³/mol. The number of pyridine rings is 1. The third-order valence-electron chi connectivity index (χ3n) is 2.78. The van der Waals surface area contributed by atoms with Crippen molar-refractivity contribution < 1.29 is 14.3 Å². The van der Waals surface area contributed by atoms with Crippen molar-refractivity contribution in [1.29, 1.82) is 0 Å². The van der Waals surface area contributed by atoms with E-state index < -0.39 is 6.09 Å². The number of nitrogens with zero attached hydrogens (tertiary/aromatic N) is 1. The summed E-state index contributed by atoms with van der Waals surface area (Å²) in [6.07, 6.45) is 2.54. The number of allylic oxidation sites excluding steroid dienone is 1. The highest BCUT2D eigenvalue weighted by Crippen LogP contribution is 2.41. The van der Waals surface area contributed by atoms with Gasteiger partial charge in [0.05, 0.1) is 5.69 Å². The van der Waals surface area contributed by atoms with Crippen molar-refractivity contribution in [3.63, 3.8) is 0 Å². The van der Waals surface area contributed by atoms with Gasteiger partial charge in [-0.2, -0.15) is 0 Å². The largest absolute Gasteiger partial charge is 0.443 e. The Kier molecular flexibility index (Phi) is 3.41. The van der Waals surface area contributed by atoms with Crippen LogP contribution >= 0.6 is 0 Å². The van der Waals surface area contributed by atoms with Gasteiger partial charge < -0.3 is 10.5 Å². The minimum Gasteiger partial charge on any atom is -0.443 e. The lowest BCUT2D eigenvalue weighted by Gasteiger charge is -2.08. The molecule has 0 saturated heterocycles. The zero-order valence-electron chi connectivity index (χ0n) is 9.89. The molecule has 0 bridgehead atoms. The Bertz CT molecular complexity index is 507. The van der Waals surface area contributed by atoms with Crippen LogP contribution in [0.5, 0.6) is 0 Å². The van der Waals surface area contributed by atoms with Gasteiger partial charge in [-0.25, -0.2) is 9.78 Å². The average Bonchev–Trinajstić information content (AvgIpc) is 3.19. The third kappa shape index (κ3) is 2.74. The topological polar surface area (TPSA) is 82.3 Å². The van der Waals surface area contributed by atoms with Crippen molar-refractivity contribution in [1.82, 2.24) is 4.98 Å². The molecule has 0 aromatic carbocycles. The molecule has 2 rings (SSSR count). The second kappa shape index (κ2) is 5.00. The molecular weight excluding hydrogens is 232 g/mol. The Morgan fingerprint density at radius 3 is 2.78 bits per heavy atom. The second-order valence-electron chi connectivity index (χ2n) is 4.19. The fraction of sp³-hybridized carbons (Fsp3) is 0.308. The molecule has 2 N–H and O–H groups in total. The molecule has 1 fully saturated rings. The maximum atomic E-state index is 11.7. The first-order valence-corrected chi connectivity index (χ1v) is 5.70. The number of carbonyl (C=O) groups is 2. The predicted octanol–water partition coefficient (Wildman–Crippen LogP) is 1.92. The second-order valence-corrected chi connectivity index (χ2v) is 4.19. The van der Waals surface area contributed by atoms with Gasteiger partial charge in [0.1, 0.15) is 12.3 Å². The maximum absolute atomic E-state index is 11.7. The fourth-order valence-corrected chi connectivity index (χ4v) is 1.75. The number of nitrogens with two attached hydrogens (primary N) is 1. The van der Waals surface area contributed by atoms with E-state index in [1.54, 1.807) is 6.07 Å². The Morgan fingerprint density at radius 2 is 2.22 bits per heavy atom. The summed E-state index contributed by atoms with van der Waals surface area (Å²) in [4.78, 5) is 26.5. The average molecular weight is 246 g/mol. The standard InChI is InChI=1S/C13H14N2O3/c1-2-11(16)12-10(8-3-4-8)6-5-9(15-12)7-18-13(14)17/h2,5-6,8H,1,3-4,7H2,(H2,14,17). The van der Waals surface area contributed by atoms with E-state index in [1.165, 1.54) is 6.08 Å². The number of carbonyl (C=O) groups excluding carboxylic acids is 2. The Balaban J connectivity index is 2.26. The van der Waals surface area contributed by atoms with Crippen LogP contribution < -0.4 is 5.73 Å². The highest BCUT2D eigenvalue weighted by molar-refractivity contribution is 6.03. The first kappa shape index (κ1) is 12.3. The molecule has 5 nitrogen and oxygen atoms in total. The van der Waals surface area contributed by atoms with Crippen molar-refractivity contribution in [3.05, 3.63) is 41.7 Å². The van der Waals surface area contributed by atoms with E-state index in [1.807, 2.05) is 6.07 Å². The van der Waals surface area contributed by atoms with Crippen LogP contribution in [0.25, 0.3) is 0 Å². The van der Waals surface area contributed by atoms with E-state index in [4.69, 9.17) is 5.73 Å². The van der Waals surface area contributed by atoms with Crippen molar-refractivity contribution >= 4 is 11.9 Å². The summed E-state index contributed by atoms with van der Waals surface area (Å²) in [5, 5.41) is 0. The van der Waals surface area contributed by atoms with Gasteiger partial charge in [-0.1, -0.05) is 12.6 Å². The number of ether oxygens (including phenoxy) is 1. The van der Waals surface area contributed by atoms with Crippen molar-refractivity contribution in [2.45, 2.75) is 25.4 Å². The fourth-order valence-electron chi connectivity index (χ4n) is 1.75. The number of hydrogen-bond donors (Lipinski definition) is 1. The minimum atomic E-state index is -0.861. The summed E-state index contributed by atoms with van der Waals surface area (Å²) in [6, 6.07) is 3.61. The van der Waals surface area contributed by atoms with Crippen molar-refractivity contribution in [2.24, 2.45) is 5.73 Å². The van der Waals surface area contributed by atoms with Crippen LogP contribution in [-0.4, -0.2) is 16.9 Å². The lowest BCUT2D eigenvalue weighted by molar-refractivity contribution is 0.104. The molecule has 1 aliphatic carbocycles. The van der Waals surface area contributed by atoms with Gasteiger partial charge in [-0.05, 0) is 36.5 Å². The molecule has 1 aliphatic rings. The first-order chi connectivity index (χ1) is 8.61. The van der Waals surface area contributed by atoms with Crippen LogP contribution in [0.1, 0.15) is 40.5 Å². The third-order valence-corrected chi connectivity index (χ3v) is 2.78. The summed E-state index contributed by atoms with van der Waals surface area (Å²) >= 11 is 0. The quantitative estimate of drug-likeness (QED) is 0.635. The van der Waals surface area contributed by atoms with Gasteiger partial charge in [0.25, 0.3) is 0 Å². The van der Waals surface area contributed by atoms with E-state index in [0.29, 0.717) is 17.3 Å². The number of primary amides is 1. The van der Waals surface area contributed by atoms with Gasteiger partial charge in [-0.3, -0.25) is 4.79 Å². The molecule has 1 heterocycles. The molecule has 0 aliphatic heterocycles. The first-order valence-electron chi connectivity index (χ1n) is 5.70. The van der Waals surface area contributed by atoms with Crippen LogP contribution in [0.15, 0.2) is 24.8 Å². The van der Waals surface area contributed by atoms with Gasteiger partial charge in [0.15, 0.2) is 0 Å². The SMILES string of the molecule is C=CC(=O)c1nc(COC(N)=O)ccc1C1CC1. The minimum absolute atomic E-state index is 0.0301. The molecular formula is C13H14N2O3. The van der Waals surface area contributed by atoms with E-state index in [-0.39, 0.29) is 12.4 Å². The summed E-state index contributed by atoms with van der Waals surface area (Å²) in [5.41, 5.74) is 6.73. The summed E-state index contributed by atoms with van der Waals surface area (Å²) in [7, 11) is 0. The molecule has 0 spiro atoms.